The average molecular weight is 416 g/mol. The molecule has 2 rings (SSSR count). The van der Waals surface area contributed by atoms with Crippen LogP contribution in [-0.4, -0.2) is 28.9 Å². The van der Waals surface area contributed by atoms with Gasteiger partial charge in [0, 0.05) is 23.2 Å². The van der Waals surface area contributed by atoms with Crippen molar-refractivity contribution in [3.8, 4) is 10.4 Å². The highest BCUT2D eigenvalue weighted by atomic mass is 32.1. The Morgan fingerprint density at radius 3 is 2.38 bits per heavy atom. The largest absolute Gasteiger partial charge is 0.481 e. The summed E-state index contributed by atoms with van der Waals surface area (Å²) in [6.45, 7) is 4.57. The maximum Gasteiger partial charge on any atom is 0.306 e. The van der Waals surface area contributed by atoms with Crippen LogP contribution < -0.4 is 0 Å². The summed E-state index contributed by atoms with van der Waals surface area (Å²) in [6.07, 6.45) is 6.98. The third-order valence-electron chi connectivity index (χ3n) is 5.18. The smallest absolute Gasteiger partial charge is 0.306 e. The highest BCUT2D eigenvalue weighted by Gasteiger charge is 2.13. The van der Waals surface area contributed by atoms with Gasteiger partial charge in [0.05, 0.1) is 12.5 Å². The van der Waals surface area contributed by atoms with Crippen LogP contribution in [0.3, 0.4) is 0 Å². The summed E-state index contributed by atoms with van der Waals surface area (Å²) in [6, 6.07) is 12.3. The summed E-state index contributed by atoms with van der Waals surface area (Å²) >= 11 is 1.70. The Kier molecular flexibility index (Phi) is 9.39. The summed E-state index contributed by atoms with van der Waals surface area (Å²) in [4.78, 5) is 27.5. The summed E-state index contributed by atoms with van der Waals surface area (Å²) < 4.78 is 0. The van der Waals surface area contributed by atoms with Crippen molar-refractivity contribution in [2.24, 2.45) is 5.92 Å². The molecule has 1 atom stereocenters. The molecule has 0 bridgehead atoms. The van der Waals surface area contributed by atoms with Crippen LogP contribution >= 0.6 is 11.3 Å². The van der Waals surface area contributed by atoms with Crippen LogP contribution in [0.25, 0.3) is 10.4 Å². The van der Waals surface area contributed by atoms with E-state index in [0.29, 0.717) is 19.4 Å². The Morgan fingerprint density at radius 2 is 1.72 bits per heavy atom. The van der Waals surface area contributed by atoms with E-state index in [1.165, 1.54) is 29.0 Å². The van der Waals surface area contributed by atoms with E-state index in [2.05, 4.69) is 19.1 Å². The molecule has 29 heavy (non-hydrogen) atoms. The van der Waals surface area contributed by atoms with Crippen molar-refractivity contribution < 1.29 is 14.7 Å². The van der Waals surface area contributed by atoms with Gasteiger partial charge in [0.15, 0.2) is 0 Å². The number of carbonyl (C=O) groups is 2. The molecule has 1 amide bonds. The first kappa shape index (κ1) is 23.1. The van der Waals surface area contributed by atoms with Crippen LogP contribution in [0.1, 0.15) is 62.8 Å². The normalized spacial score (nSPS) is 12.0. The van der Waals surface area contributed by atoms with Gasteiger partial charge < -0.3 is 10.0 Å². The number of amides is 1. The minimum atomic E-state index is -0.767. The van der Waals surface area contributed by atoms with E-state index >= 15 is 0 Å². The van der Waals surface area contributed by atoms with Gasteiger partial charge in [0.25, 0.3) is 0 Å². The molecule has 0 aliphatic heterocycles. The highest BCUT2D eigenvalue weighted by molar-refractivity contribution is 7.15. The quantitative estimate of drug-likeness (QED) is 0.433. The van der Waals surface area contributed by atoms with Gasteiger partial charge in [-0.05, 0) is 36.1 Å². The van der Waals surface area contributed by atoms with Crippen LogP contribution in [0.4, 0.5) is 0 Å². The van der Waals surface area contributed by atoms with Crippen LogP contribution in [-0.2, 0) is 22.6 Å². The number of aliphatic carboxylic acids is 1. The molecule has 1 unspecified atom stereocenters. The molecule has 0 saturated heterocycles. The summed E-state index contributed by atoms with van der Waals surface area (Å²) in [5.41, 5.74) is 2.16. The van der Waals surface area contributed by atoms with E-state index in [1.807, 2.05) is 36.2 Å². The van der Waals surface area contributed by atoms with Crippen molar-refractivity contribution >= 4 is 23.2 Å². The number of rotatable bonds is 12. The van der Waals surface area contributed by atoms with Gasteiger partial charge in [-0.2, -0.15) is 0 Å². The first-order valence-corrected chi connectivity index (χ1v) is 11.4. The van der Waals surface area contributed by atoms with Crippen molar-refractivity contribution in [3.05, 3.63) is 46.8 Å². The third kappa shape index (κ3) is 7.65. The standard InChI is InChI=1S/C24H33NO3S/c1-4-5-6-7-8-9-23(26)25(3)17-21-14-15-22(29-21)20-12-10-19(11-13-20)16-18(2)24(27)28/h10-15,18H,4-9,16-17H2,1-3H3,(H,27,28). The van der Waals surface area contributed by atoms with Gasteiger partial charge in [-0.3, -0.25) is 9.59 Å². The van der Waals surface area contributed by atoms with Gasteiger partial charge in [-0.1, -0.05) is 63.8 Å². The molecule has 1 heterocycles. The lowest BCUT2D eigenvalue weighted by molar-refractivity contribution is -0.141. The van der Waals surface area contributed by atoms with Crippen LogP contribution in [0.15, 0.2) is 36.4 Å². The monoisotopic (exact) mass is 415 g/mol. The molecule has 158 valence electrons. The van der Waals surface area contributed by atoms with Gasteiger partial charge in [-0.25, -0.2) is 0 Å². The maximum atomic E-state index is 12.3. The van der Waals surface area contributed by atoms with Gasteiger partial charge in [-0.15, -0.1) is 11.3 Å². The van der Waals surface area contributed by atoms with E-state index in [4.69, 9.17) is 5.11 Å². The maximum absolute atomic E-state index is 12.3. The first-order valence-electron chi connectivity index (χ1n) is 10.6. The number of carbonyl (C=O) groups excluding carboxylic acids is 1. The molecule has 0 aliphatic rings. The van der Waals surface area contributed by atoms with Gasteiger partial charge in [0.1, 0.15) is 0 Å². The lowest BCUT2D eigenvalue weighted by atomic mass is 10.00. The third-order valence-corrected chi connectivity index (χ3v) is 6.30. The highest BCUT2D eigenvalue weighted by Crippen LogP contribution is 2.29. The zero-order valence-electron chi connectivity index (χ0n) is 17.8. The minimum absolute atomic E-state index is 0.216. The molecule has 1 N–H and O–H groups in total. The van der Waals surface area contributed by atoms with E-state index in [-0.39, 0.29) is 11.8 Å². The number of unbranched alkanes of at least 4 members (excludes halogenated alkanes) is 4. The van der Waals surface area contributed by atoms with E-state index in [0.717, 1.165) is 24.0 Å². The minimum Gasteiger partial charge on any atom is -0.481 e. The fourth-order valence-electron chi connectivity index (χ4n) is 3.26. The van der Waals surface area contributed by atoms with Gasteiger partial charge in [0.2, 0.25) is 5.91 Å². The number of thiophene rings is 1. The molecule has 0 fully saturated rings. The predicted molar refractivity (Wildman–Crippen MR) is 120 cm³/mol. The van der Waals surface area contributed by atoms with Crippen LogP contribution in [0.5, 0.6) is 0 Å². The molecule has 0 aliphatic carbocycles. The average Bonchev–Trinajstić information content (AvgIpc) is 3.16. The molecule has 0 saturated carbocycles. The lowest BCUT2D eigenvalue weighted by Crippen LogP contribution is -2.25. The van der Waals surface area contributed by atoms with Crippen molar-refractivity contribution in [1.29, 1.82) is 0 Å². The Hall–Kier alpha value is -2.14. The fourth-order valence-corrected chi connectivity index (χ4v) is 4.32. The number of benzene rings is 1. The molecule has 0 radical (unpaired) electrons. The second-order valence-electron chi connectivity index (χ2n) is 7.82. The Morgan fingerprint density at radius 1 is 1.03 bits per heavy atom. The van der Waals surface area contributed by atoms with E-state index in [9.17, 15) is 9.59 Å². The van der Waals surface area contributed by atoms with Crippen molar-refractivity contribution in [1.82, 2.24) is 4.90 Å². The van der Waals surface area contributed by atoms with Crippen LogP contribution in [0, 0.1) is 5.92 Å². The summed E-state index contributed by atoms with van der Waals surface area (Å²) in [7, 11) is 1.88. The SMILES string of the molecule is CCCCCCCC(=O)N(C)Cc1ccc(-c2ccc(CC(C)C(=O)O)cc2)s1. The molecule has 2 aromatic rings. The Balaban J connectivity index is 1.86. The topological polar surface area (TPSA) is 57.6 Å². The summed E-state index contributed by atoms with van der Waals surface area (Å²) in [5, 5.41) is 9.05. The van der Waals surface area contributed by atoms with Gasteiger partial charge >= 0.3 is 5.97 Å². The second kappa shape index (κ2) is 11.8. The zero-order valence-corrected chi connectivity index (χ0v) is 18.6. The van der Waals surface area contributed by atoms with E-state index in [1.54, 1.807) is 18.3 Å². The molecule has 0 spiro atoms. The fraction of sp³-hybridized carbons (Fsp3) is 0.500. The number of hydrogen-bond donors (Lipinski definition) is 1. The predicted octanol–water partition coefficient (Wildman–Crippen LogP) is 6.00. The molecular formula is C24H33NO3S. The number of nitrogens with zero attached hydrogens (tertiary/aromatic N) is 1. The molecule has 5 heteroatoms. The molecular weight excluding hydrogens is 382 g/mol. The summed E-state index contributed by atoms with van der Waals surface area (Å²) in [5.74, 6) is -0.932. The Labute approximate surface area is 178 Å². The number of carboxylic acids is 1. The van der Waals surface area contributed by atoms with Crippen molar-refractivity contribution in [3.63, 3.8) is 0 Å². The van der Waals surface area contributed by atoms with E-state index < -0.39 is 5.97 Å². The molecule has 4 nitrogen and oxygen atoms in total. The number of carboxylic acid groups (broad SMARTS) is 1. The molecule has 1 aromatic carbocycles. The van der Waals surface area contributed by atoms with Crippen LogP contribution in [0.2, 0.25) is 0 Å². The first-order chi connectivity index (χ1) is 13.9. The van der Waals surface area contributed by atoms with Crippen molar-refractivity contribution in [2.75, 3.05) is 7.05 Å². The van der Waals surface area contributed by atoms with Crippen molar-refractivity contribution in [2.45, 2.75) is 65.3 Å². The molecule has 1 aromatic heterocycles. The second-order valence-corrected chi connectivity index (χ2v) is 8.99. The zero-order chi connectivity index (χ0) is 21.2. The Bertz CT molecular complexity index is 782. The lowest BCUT2D eigenvalue weighted by Gasteiger charge is -2.16. The number of hydrogen-bond acceptors (Lipinski definition) is 3.